The number of methoxy groups -OCH3 is 2. The van der Waals surface area contributed by atoms with Gasteiger partial charge in [0, 0.05) is 42.0 Å². The van der Waals surface area contributed by atoms with E-state index in [9.17, 15) is 49.1 Å². The fourth-order valence-corrected chi connectivity index (χ4v) is 6.68. The molecule has 0 spiro atoms. The lowest BCUT2D eigenvalue weighted by Crippen LogP contribution is -2.53. The molecule has 10 N–H and O–H groups in total. The van der Waals surface area contributed by atoms with E-state index in [1.165, 1.54) is 32.2 Å². The standard InChI is InChI=1S/C29H32NO15P.H3N/c1-11-23(32)14(30)7-18(44-11)45-16-9-29(38,17(31)10-43-46(39,40)28(37)42-3)8-13-20(16)27(36)22-21(25(13)34)24(33)12-5-4-6-15(41-2)19(12)26(22)35;/h4-6,11,14,16,18,23,32,34,36,38H,7-10,30H2,1-3H3,(H,39,40);1H3/t11-,14-,16-,18-,23+,29-;/m0./s1. The molecule has 17 nitrogen and oxygen atoms in total. The van der Waals surface area contributed by atoms with Crippen molar-refractivity contribution in [3.8, 4) is 17.2 Å². The number of hydrogen-bond acceptors (Lipinski definition) is 16. The third kappa shape index (κ3) is 6.06. The summed E-state index contributed by atoms with van der Waals surface area (Å²) < 4.78 is 37.9. The number of fused-ring (bicyclic) bond motifs is 3. The van der Waals surface area contributed by atoms with Gasteiger partial charge in [-0.25, -0.2) is 9.36 Å². The minimum atomic E-state index is -5.10. The first kappa shape index (κ1) is 36.1. The van der Waals surface area contributed by atoms with Crippen LogP contribution in [0.3, 0.4) is 0 Å². The zero-order chi connectivity index (χ0) is 33.9. The highest BCUT2D eigenvalue weighted by Crippen LogP contribution is 2.53. The van der Waals surface area contributed by atoms with Gasteiger partial charge in [0.25, 0.3) is 0 Å². The smallest absolute Gasteiger partial charge is 0.436 e. The third-order valence-corrected chi connectivity index (χ3v) is 9.56. The summed E-state index contributed by atoms with van der Waals surface area (Å²) in [6.07, 6.45) is -6.14. The highest BCUT2D eigenvalue weighted by Gasteiger charge is 2.51. The summed E-state index contributed by atoms with van der Waals surface area (Å²) in [5.41, 5.74) is -0.195. The van der Waals surface area contributed by atoms with Crippen LogP contribution in [-0.4, -0.2) is 99.3 Å². The van der Waals surface area contributed by atoms with E-state index < -0.39 is 109 Å². The lowest BCUT2D eigenvalue weighted by Gasteiger charge is -2.42. The number of hydrogen-bond donors (Lipinski definition) is 7. The van der Waals surface area contributed by atoms with Crippen LogP contribution in [0.25, 0.3) is 0 Å². The molecule has 3 aliphatic rings. The number of phenolic OH excluding ortho intramolecular Hbond substituents is 2. The molecule has 1 saturated heterocycles. The van der Waals surface area contributed by atoms with E-state index in [4.69, 9.17) is 19.9 Å². The quantitative estimate of drug-likeness (QED) is 0.129. The van der Waals surface area contributed by atoms with E-state index in [2.05, 4.69) is 9.26 Å². The van der Waals surface area contributed by atoms with Gasteiger partial charge in [-0.1, -0.05) is 12.1 Å². The number of phenols is 2. The largest absolute Gasteiger partial charge is 0.507 e. The zero-order valence-corrected chi connectivity index (χ0v) is 26.4. The predicted molar refractivity (Wildman–Crippen MR) is 158 cm³/mol. The number of aliphatic hydroxyl groups excluding tert-OH is 1. The molecule has 2 aromatic carbocycles. The Morgan fingerprint density at radius 1 is 1.11 bits per heavy atom. The van der Waals surface area contributed by atoms with Crippen LogP contribution < -0.4 is 16.6 Å². The van der Waals surface area contributed by atoms with Crippen LogP contribution in [0.5, 0.6) is 17.2 Å². The first-order valence-corrected chi connectivity index (χ1v) is 15.6. The number of carbonyl (C=O) groups excluding carboxylic acids is 4. The first-order valence-electron chi connectivity index (χ1n) is 14.0. The third-order valence-electron chi connectivity index (χ3n) is 8.44. The Morgan fingerprint density at radius 3 is 2.38 bits per heavy atom. The summed E-state index contributed by atoms with van der Waals surface area (Å²) in [7, 11) is -3.00. The van der Waals surface area contributed by atoms with Crippen LogP contribution in [0.2, 0.25) is 0 Å². The van der Waals surface area contributed by atoms with Crippen molar-refractivity contribution in [2.45, 2.75) is 62.4 Å². The molecule has 18 heteroatoms. The van der Waals surface area contributed by atoms with Crippen LogP contribution in [0.1, 0.15) is 68.8 Å². The fraction of sp³-hybridized carbons (Fsp3) is 0.448. The number of nitrogens with two attached hydrogens (primary N) is 1. The molecule has 0 saturated carbocycles. The summed E-state index contributed by atoms with van der Waals surface area (Å²) in [5.74, 6) is -4.50. The number of aromatic hydroxyl groups is 2. The SMILES string of the molecule is COC(=O)P(=O)(O)OCC(=O)[C@]1(O)Cc2c(O)c3c(c(O)c2[C@@H](O[C@H]2C[C@H](N)[C@H](O)[C@H](C)O2)C1)C(=O)c1c(OC)cccc1C3=O.N. The molecular weight excluding hydrogens is 647 g/mol. The molecule has 2 aliphatic carbocycles. The van der Waals surface area contributed by atoms with E-state index >= 15 is 0 Å². The number of benzene rings is 2. The number of Topliss-reactive ketones (excluding diaryl/α,β-unsaturated/α-hetero) is 1. The number of aliphatic hydroxyl groups is 2. The van der Waals surface area contributed by atoms with Crippen molar-refractivity contribution in [1.29, 1.82) is 0 Å². The molecule has 256 valence electrons. The van der Waals surface area contributed by atoms with Gasteiger partial charge in [0.1, 0.15) is 29.5 Å². The molecule has 1 heterocycles. The molecule has 2 aromatic rings. The molecule has 1 aliphatic heterocycles. The molecular formula is C29H35N2O15P. The first-order chi connectivity index (χ1) is 21.6. The van der Waals surface area contributed by atoms with E-state index in [0.29, 0.717) is 0 Å². The van der Waals surface area contributed by atoms with E-state index in [0.717, 1.165) is 7.11 Å². The van der Waals surface area contributed by atoms with E-state index in [1.807, 2.05) is 0 Å². The molecule has 7 atom stereocenters. The number of ether oxygens (including phenoxy) is 4. The van der Waals surface area contributed by atoms with Crippen LogP contribution in [0, 0.1) is 0 Å². The van der Waals surface area contributed by atoms with Gasteiger partial charge < -0.3 is 56.2 Å². The van der Waals surface area contributed by atoms with Crippen molar-refractivity contribution >= 4 is 30.7 Å². The maximum atomic E-state index is 13.8. The maximum Gasteiger partial charge on any atom is 0.436 e. The predicted octanol–water partition coefficient (Wildman–Crippen LogP) is 1.14. The Bertz CT molecular complexity index is 1680. The van der Waals surface area contributed by atoms with Crippen molar-refractivity contribution in [3.05, 3.63) is 51.6 Å². The van der Waals surface area contributed by atoms with Crippen molar-refractivity contribution in [1.82, 2.24) is 6.15 Å². The van der Waals surface area contributed by atoms with Crippen molar-refractivity contribution in [2.75, 3.05) is 20.8 Å². The number of rotatable bonds is 8. The Labute approximate surface area is 267 Å². The molecule has 1 unspecified atom stereocenters. The van der Waals surface area contributed by atoms with Crippen LogP contribution in [0.4, 0.5) is 4.79 Å². The maximum absolute atomic E-state index is 13.8. The highest BCUT2D eigenvalue weighted by molar-refractivity contribution is 7.70. The lowest BCUT2D eigenvalue weighted by molar-refractivity contribution is -0.247. The minimum absolute atomic E-state index is 0. The molecule has 1 fully saturated rings. The van der Waals surface area contributed by atoms with Crippen molar-refractivity contribution < 1.29 is 72.5 Å². The second kappa shape index (κ2) is 13.0. The molecule has 0 amide bonds. The summed E-state index contributed by atoms with van der Waals surface area (Å²) in [6, 6.07) is 3.39. The second-order valence-corrected chi connectivity index (χ2v) is 12.9. The van der Waals surface area contributed by atoms with Crippen molar-refractivity contribution in [3.63, 3.8) is 0 Å². The molecule has 0 radical (unpaired) electrons. The second-order valence-electron chi connectivity index (χ2n) is 11.3. The highest BCUT2D eigenvalue weighted by atomic mass is 31.2. The summed E-state index contributed by atoms with van der Waals surface area (Å²) in [6.45, 7) is 0.257. The van der Waals surface area contributed by atoms with Gasteiger partial charge in [-0.05, 0) is 13.0 Å². The molecule has 47 heavy (non-hydrogen) atoms. The fourth-order valence-electron chi connectivity index (χ4n) is 6.05. The monoisotopic (exact) mass is 682 g/mol. The number of carbonyl (C=O) groups is 4. The Balaban J connectivity index is 0.00000500. The van der Waals surface area contributed by atoms with E-state index in [1.54, 1.807) is 0 Å². The van der Waals surface area contributed by atoms with Crippen molar-refractivity contribution in [2.24, 2.45) is 5.73 Å². The molecule has 5 rings (SSSR count). The normalized spacial score (nSPS) is 27.8. The zero-order valence-electron chi connectivity index (χ0n) is 25.5. The van der Waals surface area contributed by atoms with Gasteiger partial charge in [-0.15, -0.1) is 0 Å². The van der Waals surface area contributed by atoms with Gasteiger partial charge in [0.15, 0.2) is 17.9 Å². The van der Waals surface area contributed by atoms with Crippen LogP contribution >= 0.6 is 7.60 Å². The van der Waals surface area contributed by atoms with Gasteiger partial charge in [-0.2, -0.15) is 0 Å². The lowest BCUT2D eigenvalue weighted by atomic mass is 9.72. The van der Waals surface area contributed by atoms with Gasteiger partial charge in [-0.3, -0.25) is 18.9 Å². The average Bonchev–Trinajstić information content (AvgIpc) is 3.01. The van der Waals surface area contributed by atoms with Gasteiger partial charge in [0.2, 0.25) is 5.78 Å². The molecule has 0 aromatic heterocycles. The summed E-state index contributed by atoms with van der Waals surface area (Å²) in [5, 5.41) is 45.0. The Hall–Kier alpha value is -3.77. The summed E-state index contributed by atoms with van der Waals surface area (Å²) in [4.78, 5) is 62.2. The van der Waals surface area contributed by atoms with Gasteiger partial charge in [0.05, 0.1) is 49.2 Å². The van der Waals surface area contributed by atoms with Crippen LogP contribution in [-0.2, 0) is 34.5 Å². The van der Waals surface area contributed by atoms with Gasteiger partial charge >= 0.3 is 13.3 Å². The van der Waals surface area contributed by atoms with Crippen LogP contribution in [0.15, 0.2) is 18.2 Å². The summed E-state index contributed by atoms with van der Waals surface area (Å²) >= 11 is 0. The molecule has 0 bridgehead atoms. The average molecular weight is 683 g/mol. The minimum Gasteiger partial charge on any atom is -0.507 e. The topological polar surface area (TPSA) is 294 Å². The van der Waals surface area contributed by atoms with E-state index in [-0.39, 0.29) is 40.6 Å². The Morgan fingerprint density at radius 2 is 1.77 bits per heavy atom. The Kier molecular flexibility index (Phi) is 10.00. The number of ketones is 3.